The Labute approximate surface area is 129 Å². The smallest absolute Gasteiger partial charge is 0.354 e. The number of rotatable bonds is 2. The molecule has 0 aromatic carbocycles. The first-order chi connectivity index (χ1) is 10.1. The summed E-state index contributed by atoms with van der Waals surface area (Å²) in [6.45, 7) is 8.55. The highest BCUT2D eigenvalue weighted by Crippen LogP contribution is 2.24. The zero-order valence-corrected chi connectivity index (χ0v) is 13.5. The fourth-order valence-corrected chi connectivity index (χ4v) is 2.56. The second-order valence-corrected chi connectivity index (χ2v) is 6.87. The van der Waals surface area contributed by atoms with Crippen molar-refractivity contribution in [3.63, 3.8) is 0 Å². The van der Waals surface area contributed by atoms with Crippen LogP contribution < -0.4 is 4.90 Å². The monoisotopic (exact) mass is 316 g/mol. The SMILES string of the molecule is CC1CN(c2ccnc(C(C)(C)C)n2)CCN1CC(F)(F)F. The number of halogens is 3. The third kappa shape index (κ3) is 4.32. The van der Waals surface area contributed by atoms with E-state index in [2.05, 4.69) is 9.97 Å². The molecule has 0 saturated carbocycles. The molecule has 0 aliphatic carbocycles. The fraction of sp³-hybridized carbons (Fsp3) is 0.733. The van der Waals surface area contributed by atoms with Crippen LogP contribution in [0.1, 0.15) is 33.5 Å². The van der Waals surface area contributed by atoms with Gasteiger partial charge in [-0.25, -0.2) is 9.97 Å². The summed E-state index contributed by atoms with van der Waals surface area (Å²) in [5, 5.41) is 0. The summed E-state index contributed by atoms with van der Waals surface area (Å²) < 4.78 is 37.6. The van der Waals surface area contributed by atoms with E-state index in [1.807, 2.05) is 38.7 Å². The molecule has 0 amide bonds. The largest absolute Gasteiger partial charge is 0.401 e. The van der Waals surface area contributed by atoms with Gasteiger partial charge >= 0.3 is 6.18 Å². The molecule has 1 saturated heterocycles. The molecular formula is C15H23F3N4. The Balaban J connectivity index is 2.07. The lowest BCUT2D eigenvalue weighted by Crippen LogP contribution is -2.54. The summed E-state index contributed by atoms with van der Waals surface area (Å²) in [6, 6.07) is 1.66. The lowest BCUT2D eigenvalue weighted by atomic mass is 9.96. The highest BCUT2D eigenvalue weighted by atomic mass is 19.4. The minimum absolute atomic E-state index is 0.153. The van der Waals surface area contributed by atoms with Crippen LogP contribution in [0.2, 0.25) is 0 Å². The maximum Gasteiger partial charge on any atom is 0.401 e. The Morgan fingerprint density at radius 2 is 1.91 bits per heavy atom. The van der Waals surface area contributed by atoms with Gasteiger partial charge < -0.3 is 4.90 Å². The average Bonchev–Trinajstić information content (AvgIpc) is 2.39. The molecule has 22 heavy (non-hydrogen) atoms. The standard InChI is InChI=1S/C15H23F3N4/c1-11-9-21(7-8-22(11)10-15(16,17)18)12-5-6-19-13(20-12)14(2,3)4/h5-6,11H,7-10H2,1-4H3. The molecule has 2 rings (SSSR count). The van der Waals surface area contributed by atoms with E-state index in [1.54, 1.807) is 6.20 Å². The molecule has 1 aliphatic heterocycles. The van der Waals surface area contributed by atoms with Gasteiger partial charge in [0, 0.05) is 37.3 Å². The summed E-state index contributed by atoms with van der Waals surface area (Å²) in [6.07, 6.45) is -2.43. The minimum Gasteiger partial charge on any atom is -0.354 e. The van der Waals surface area contributed by atoms with Gasteiger partial charge in [-0.15, -0.1) is 0 Å². The van der Waals surface area contributed by atoms with E-state index in [0.29, 0.717) is 19.6 Å². The normalized spacial score (nSPS) is 21.2. The van der Waals surface area contributed by atoms with Crippen molar-refractivity contribution in [3.8, 4) is 0 Å². The second-order valence-electron chi connectivity index (χ2n) is 6.87. The van der Waals surface area contributed by atoms with Crippen LogP contribution >= 0.6 is 0 Å². The Kier molecular flexibility index (Phi) is 4.65. The zero-order chi connectivity index (χ0) is 16.5. The fourth-order valence-electron chi connectivity index (χ4n) is 2.56. The number of aromatic nitrogens is 2. The van der Waals surface area contributed by atoms with Crippen molar-refractivity contribution in [1.82, 2.24) is 14.9 Å². The van der Waals surface area contributed by atoms with E-state index in [-0.39, 0.29) is 11.5 Å². The van der Waals surface area contributed by atoms with Crippen LogP contribution in [0.15, 0.2) is 12.3 Å². The van der Waals surface area contributed by atoms with E-state index >= 15 is 0 Å². The van der Waals surface area contributed by atoms with Crippen molar-refractivity contribution in [2.75, 3.05) is 31.1 Å². The second kappa shape index (κ2) is 6.02. The van der Waals surface area contributed by atoms with Gasteiger partial charge in [-0.1, -0.05) is 20.8 Å². The van der Waals surface area contributed by atoms with Crippen molar-refractivity contribution in [2.45, 2.75) is 45.3 Å². The molecule has 124 valence electrons. The van der Waals surface area contributed by atoms with E-state index in [0.717, 1.165) is 11.6 Å². The highest BCUT2D eigenvalue weighted by molar-refractivity contribution is 5.39. The molecule has 1 aromatic heterocycles. The van der Waals surface area contributed by atoms with Crippen LogP contribution in [0.3, 0.4) is 0 Å². The average molecular weight is 316 g/mol. The molecule has 2 heterocycles. The van der Waals surface area contributed by atoms with Crippen molar-refractivity contribution in [1.29, 1.82) is 0 Å². The van der Waals surface area contributed by atoms with Crippen LogP contribution in [0.5, 0.6) is 0 Å². The molecule has 0 N–H and O–H groups in total. The summed E-state index contributed by atoms with van der Waals surface area (Å²) in [7, 11) is 0. The number of hydrogen-bond acceptors (Lipinski definition) is 4. The van der Waals surface area contributed by atoms with Crippen LogP contribution in [-0.2, 0) is 5.41 Å². The molecule has 0 bridgehead atoms. The number of anilines is 1. The van der Waals surface area contributed by atoms with Gasteiger partial charge in [0.05, 0.1) is 6.54 Å². The van der Waals surface area contributed by atoms with Crippen molar-refractivity contribution in [2.24, 2.45) is 0 Å². The first-order valence-corrected chi connectivity index (χ1v) is 7.45. The number of piperazine rings is 1. The van der Waals surface area contributed by atoms with Crippen LogP contribution in [-0.4, -0.2) is 53.3 Å². The Hall–Kier alpha value is -1.37. The predicted octanol–water partition coefficient (Wildman–Crippen LogP) is 2.85. The Morgan fingerprint density at radius 1 is 1.23 bits per heavy atom. The lowest BCUT2D eigenvalue weighted by molar-refractivity contribution is -0.150. The number of nitrogens with zero attached hydrogens (tertiary/aromatic N) is 4. The Bertz CT molecular complexity index is 510. The number of hydrogen-bond donors (Lipinski definition) is 0. The van der Waals surface area contributed by atoms with Gasteiger partial charge in [0.2, 0.25) is 0 Å². The molecule has 7 heteroatoms. The molecule has 1 atom stereocenters. The van der Waals surface area contributed by atoms with Crippen molar-refractivity contribution in [3.05, 3.63) is 18.1 Å². The third-order valence-electron chi connectivity index (χ3n) is 3.78. The van der Waals surface area contributed by atoms with Crippen molar-refractivity contribution >= 4 is 5.82 Å². The maximum atomic E-state index is 12.5. The predicted molar refractivity (Wildman–Crippen MR) is 80.0 cm³/mol. The molecule has 1 unspecified atom stereocenters. The van der Waals surface area contributed by atoms with Crippen LogP contribution in [0.4, 0.5) is 19.0 Å². The van der Waals surface area contributed by atoms with E-state index in [1.165, 1.54) is 4.90 Å². The van der Waals surface area contributed by atoms with Gasteiger partial charge in [-0.3, -0.25) is 4.90 Å². The van der Waals surface area contributed by atoms with Gasteiger partial charge in [-0.2, -0.15) is 13.2 Å². The molecule has 0 spiro atoms. The molecule has 0 radical (unpaired) electrons. The summed E-state index contributed by atoms with van der Waals surface area (Å²) in [5.41, 5.74) is -0.153. The first-order valence-electron chi connectivity index (χ1n) is 7.45. The zero-order valence-electron chi connectivity index (χ0n) is 13.5. The topological polar surface area (TPSA) is 32.3 Å². The molecular weight excluding hydrogens is 293 g/mol. The number of alkyl halides is 3. The molecule has 4 nitrogen and oxygen atoms in total. The van der Waals surface area contributed by atoms with E-state index < -0.39 is 12.7 Å². The van der Waals surface area contributed by atoms with E-state index in [9.17, 15) is 13.2 Å². The molecule has 1 fully saturated rings. The molecule has 1 aromatic rings. The summed E-state index contributed by atoms with van der Waals surface area (Å²) >= 11 is 0. The summed E-state index contributed by atoms with van der Waals surface area (Å²) in [4.78, 5) is 12.4. The first kappa shape index (κ1) is 17.0. The summed E-state index contributed by atoms with van der Waals surface area (Å²) in [5.74, 6) is 1.54. The van der Waals surface area contributed by atoms with Crippen LogP contribution in [0, 0.1) is 0 Å². The van der Waals surface area contributed by atoms with Crippen LogP contribution in [0.25, 0.3) is 0 Å². The maximum absolute atomic E-state index is 12.5. The highest BCUT2D eigenvalue weighted by Gasteiger charge is 2.35. The lowest BCUT2D eigenvalue weighted by Gasteiger charge is -2.40. The minimum atomic E-state index is -4.15. The molecule has 1 aliphatic rings. The van der Waals surface area contributed by atoms with Gasteiger partial charge in [0.15, 0.2) is 0 Å². The quantitative estimate of drug-likeness (QED) is 0.840. The van der Waals surface area contributed by atoms with Crippen molar-refractivity contribution < 1.29 is 13.2 Å². The van der Waals surface area contributed by atoms with Gasteiger partial charge in [0.1, 0.15) is 11.6 Å². The van der Waals surface area contributed by atoms with Gasteiger partial charge in [0.25, 0.3) is 0 Å². The third-order valence-corrected chi connectivity index (χ3v) is 3.78. The van der Waals surface area contributed by atoms with Gasteiger partial charge in [-0.05, 0) is 13.0 Å². The van der Waals surface area contributed by atoms with E-state index in [4.69, 9.17) is 0 Å². The Morgan fingerprint density at radius 3 is 2.45 bits per heavy atom.